The summed E-state index contributed by atoms with van der Waals surface area (Å²) in [6.45, 7) is 8.16. The van der Waals surface area contributed by atoms with E-state index < -0.39 is 10.0 Å². The molecule has 0 saturated carbocycles. The number of hydrogen-bond donors (Lipinski definition) is 2. The Labute approximate surface area is 145 Å². The summed E-state index contributed by atoms with van der Waals surface area (Å²) in [7, 11) is -3.49. The van der Waals surface area contributed by atoms with Gasteiger partial charge >= 0.3 is 0 Å². The molecule has 0 aromatic heterocycles. The van der Waals surface area contributed by atoms with Crippen LogP contribution in [0.1, 0.15) is 33.6 Å². The van der Waals surface area contributed by atoms with Gasteiger partial charge in [0.2, 0.25) is 10.0 Å². The predicted octanol–water partition coefficient (Wildman–Crippen LogP) is 2.56. The van der Waals surface area contributed by atoms with Gasteiger partial charge in [-0.2, -0.15) is 0 Å². The molecule has 5 nitrogen and oxygen atoms in total. The van der Waals surface area contributed by atoms with Crippen LogP contribution in [0, 0.1) is 5.41 Å². The van der Waals surface area contributed by atoms with Crippen molar-refractivity contribution in [2.24, 2.45) is 5.41 Å². The Kier molecular flexibility index (Phi) is 7.32. The number of hydrogen-bond acceptors (Lipinski definition) is 4. The second-order valence-electron chi connectivity index (χ2n) is 6.36. The summed E-state index contributed by atoms with van der Waals surface area (Å²) in [4.78, 5) is 0.268. The lowest BCUT2D eigenvalue weighted by Crippen LogP contribution is -2.52. The van der Waals surface area contributed by atoms with Gasteiger partial charge in [0.05, 0.1) is 11.5 Å². The van der Waals surface area contributed by atoms with Crippen LogP contribution in [0.15, 0.2) is 29.2 Å². The van der Waals surface area contributed by atoms with Crippen molar-refractivity contribution in [3.8, 4) is 5.75 Å². The maximum Gasteiger partial charge on any atom is 0.240 e. The average molecular weight is 363 g/mol. The highest BCUT2D eigenvalue weighted by Crippen LogP contribution is 2.29. The molecule has 1 atom stereocenters. The normalized spacial score (nSPS) is 20.6. The number of nitrogens with one attached hydrogen (secondary N) is 2. The molecule has 2 rings (SSSR count). The van der Waals surface area contributed by atoms with Crippen molar-refractivity contribution in [3.63, 3.8) is 0 Å². The zero-order valence-corrected chi connectivity index (χ0v) is 15.6. The molecule has 1 fully saturated rings. The van der Waals surface area contributed by atoms with E-state index >= 15 is 0 Å². The summed E-state index contributed by atoms with van der Waals surface area (Å²) < 4.78 is 32.8. The van der Waals surface area contributed by atoms with E-state index in [4.69, 9.17) is 4.74 Å². The molecule has 0 spiro atoms. The summed E-state index contributed by atoms with van der Waals surface area (Å²) in [6.07, 6.45) is 2.24. The first-order valence-corrected chi connectivity index (χ1v) is 9.29. The summed E-state index contributed by atoms with van der Waals surface area (Å²) in [5.41, 5.74) is 0.0968. The number of sulfonamides is 1. The lowest BCUT2D eigenvalue weighted by molar-refractivity contribution is 0.181. The van der Waals surface area contributed by atoms with Crippen LogP contribution in [0.2, 0.25) is 0 Å². The van der Waals surface area contributed by atoms with E-state index in [9.17, 15) is 8.42 Å². The number of piperidine rings is 1. The Morgan fingerprint density at radius 1 is 1.30 bits per heavy atom. The van der Waals surface area contributed by atoms with E-state index in [2.05, 4.69) is 23.9 Å². The van der Waals surface area contributed by atoms with Crippen LogP contribution in [-0.2, 0) is 10.0 Å². The van der Waals surface area contributed by atoms with Crippen molar-refractivity contribution in [1.82, 2.24) is 10.0 Å². The van der Waals surface area contributed by atoms with Crippen LogP contribution >= 0.6 is 12.4 Å². The molecule has 0 bridgehead atoms. The zero-order valence-electron chi connectivity index (χ0n) is 14.0. The lowest BCUT2D eigenvalue weighted by Gasteiger charge is -2.39. The smallest absolute Gasteiger partial charge is 0.240 e. The van der Waals surface area contributed by atoms with Gasteiger partial charge in [0.15, 0.2) is 0 Å². The van der Waals surface area contributed by atoms with Gasteiger partial charge in [0, 0.05) is 12.6 Å². The van der Waals surface area contributed by atoms with Crippen molar-refractivity contribution >= 4 is 22.4 Å². The molecule has 1 unspecified atom stereocenters. The molecule has 132 valence electrons. The molecular formula is C16H27ClN2O3S. The van der Waals surface area contributed by atoms with Gasteiger partial charge in [0.1, 0.15) is 5.75 Å². The van der Waals surface area contributed by atoms with Crippen LogP contribution in [0.3, 0.4) is 0 Å². The molecule has 0 radical (unpaired) electrons. The lowest BCUT2D eigenvalue weighted by atomic mass is 9.78. The van der Waals surface area contributed by atoms with Crippen LogP contribution in [0.5, 0.6) is 5.75 Å². The largest absolute Gasteiger partial charge is 0.494 e. The molecule has 0 aliphatic carbocycles. The third kappa shape index (κ3) is 5.35. The second-order valence-corrected chi connectivity index (χ2v) is 8.12. The fourth-order valence-corrected chi connectivity index (χ4v) is 3.82. The molecule has 1 aromatic carbocycles. The fourth-order valence-electron chi connectivity index (χ4n) is 2.78. The maximum absolute atomic E-state index is 12.4. The monoisotopic (exact) mass is 362 g/mol. The second kappa shape index (κ2) is 8.33. The van der Waals surface area contributed by atoms with Gasteiger partial charge in [0.25, 0.3) is 0 Å². The first kappa shape index (κ1) is 20.2. The summed E-state index contributed by atoms with van der Waals surface area (Å²) >= 11 is 0. The third-order valence-electron chi connectivity index (χ3n) is 4.25. The Morgan fingerprint density at radius 3 is 2.52 bits per heavy atom. The van der Waals surface area contributed by atoms with Crippen LogP contribution in [0.4, 0.5) is 0 Å². The minimum atomic E-state index is -3.49. The van der Waals surface area contributed by atoms with Gasteiger partial charge < -0.3 is 10.1 Å². The Balaban J connectivity index is 0.00000264. The first-order chi connectivity index (χ1) is 10.3. The van der Waals surface area contributed by atoms with Gasteiger partial charge in [-0.05, 0) is 56.0 Å². The molecule has 23 heavy (non-hydrogen) atoms. The first-order valence-electron chi connectivity index (χ1n) is 7.81. The van der Waals surface area contributed by atoms with Crippen LogP contribution in [-0.4, -0.2) is 34.2 Å². The van der Waals surface area contributed by atoms with Crippen molar-refractivity contribution in [2.75, 3.05) is 19.7 Å². The van der Waals surface area contributed by atoms with Gasteiger partial charge in [-0.3, -0.25) is 0 Å². The molecule has 2 N–H and O–H groups in total. The zero-order chi connectivity index (χ0) is 16.2. The van der Waals surface area contributed by atoms with Crippen LogP contribution in [0.25, 0.3) is 0 Å². The standard InChI is InChI=1S/C16H26N2O3S.ClH/c1-4-21-13-6-8-14(9-7-13)22(19,20)18-12-15-16(2,3)10-5-11-17-15;/h6-9,15,17-18H,4-5,10-12H2,1-3H3;1H. The quantitative estimate of drug-likeness (QED) is 0.816. The third-order valence-corrected chi connectivity index (χ3v) is 5.69. The molecule has 1 aliphatic heterocycles. The minimum Gasteiger partial charge on any atom is -0.494 e. The molecule has 0 amide bonds. The molecule has 1 aromatic rings. The molecule has 1 saturated heterocycles. The SMILES string of the molecule is CCOc1ccc(S(=O)(=O)NCC2NCCCC2(C)C)cc1.Cl. The molecule has 1 heterocycles. The van der Waals surface area contributed by atoms with E-state index in [0.29, 0.717) is 18.9 Å². The number of halogens is 1. The summed E-state index contributed by atoms with van der Waals surface area (Å²) in [5.74, 6) is 0.677. The van der Waals surface area contributed by atoms with Crippen molar-refractivity contribution in [2.45, 2.75) is 44.6 Å². The Morgan fingerprint density at radius 2 is 1.96 bits per heavy atom. The highest BCUT2D eigenvalue weighted by molar-refractivity contribution is 7.89. The minimum absolute atomic E-state index is 0. The van der Waals surface area contributed by atoms with Crippen molar-refractivity contribution in [3.05, 3.63) is 24.3 Å². The van der Waals surface area contributed by atoms with E-state index in [1.54, 1.807) is 24.3 Å². The Bertz CT molecular complexity index is 588. The summed E-state index contributed by atoms with van der Waals surface area (Å²) in [5, 5.41) is 3.41. The number of rotatable bonds is 6. The molecule has 1 aliphatic rings. The van der Waals surface area contributed by atoms with E-state index in [-0.39, 0.29) is 28.8 Å². The highest BCUT2D eigenvalue weighted by Gasteiger charge is 2.32. The Hall–Kier alpha value is -0.820. The number of benzene rings is 1. The predicted molar refractivity (Wildman–Crippen MR) is 94.9 cm³/mol. The molecule has 7 heteroatoms. The van der Waals surface area contributed by atoms with E-state index in [1.807, 2.05) is 6.92 Å². The van der Waals surface area contributed by atoms with E-state index in [1.165, 1.54) is 0 Å². The number of ether oxygens (including phenoxy) is 1. The maximum atomic E-state index is 12.4. The van der Waals surface area contributed by atoms with E-state index in [0.717, 1.165) is 19.4 Å². The molecular weight excluding hydrogens is 336 g/mol. The topological polar surface area (TPSA) is 67.4 Å². The van der Waals surface area contributed by atoms with Crippen molar-refractivity contribution in [1.29, 1.82) is 0 Å². The van der Waals surface area contributed by atoms with Gasteiger partial charge in [-0.15, -0.1) is 12.4 Å². The fraction of sp³-hybridized carbons (Fsp3) is 0.625. The van der Waals surface area contributed by atoms with Crippen LogP contribution < -0.4 is 14.8 Å². The average Bonchev–Trinajstić information content (AvgIpc) is 2.47. The van der Waals surface area contributed by atoms with Gasteiger partial charge in [-0.25, -0.2) is 13.1 Å². The van der Waals surface area contributed by atoms with Gasteiger partial charge in [-0.1, -0.05) is 13.8 Å². The summed E-state index contributed by atoms with van der Waals surface area (Å²) in [6, 6.07) is 6.67. The van der Waals surface area contributed by atoms with Crippen molar-refractivity contribution < 1.29 is 13.2 Å². The highest BCUT2D eigenvalue weighted by atomic mass is 35.5.